The Morgan fingerprint density at radius 3 is 2.52 bits per heavy atom. The molecule has 0 bridgehead atoms. The van der Waals surface area contributed by atoms with Crippen LogP contribution in [0, 0.1) is 0 Å². The number of aromatic carboxylic acids is 1. The van der Waals surface area contributed by atoms with Gasteiger partial charge in [-0.3, -0.25) is 0 Å². The second-order valence-electron chi connectivity index (χ2n) is 4.53. The molecule has 0 saturated carbocycles. The molecule has 1 aromatic carbocycles. The third kappa shape index (κ3) is 3.72. The second-order valence-corrected chi connectivity index (χ2v) is 4.53. The molecule has 1 N–H and O–H groups in total. The molecular formula is C16H16O5. The first-order valence-electron chi connectivity index (χ1n) is 6.72. The Morgan fingerprint density at radius 2 is 1.90 bits per heavy atom. The first-order chi connectivity index (χ1) is 10.1. The van der Waals surface area contributed by atoms with Crippen molar-refractivity contribution < 1.29 is 19.1 Å². The minimum Gasteiger partial charge on any atom is -0.494 e. The lowest BCUT2D eigenvalue weighted by Crippen LogP contribution is -2.06. The molecule has 0 unspecified atom stereocenters. The third-order valence-electron chi connectivity index (χ3n) is 2.96. The van der Waals surface area contributed by atoms with Gasteiger partial charge in [0.2, 0.25) is 5.76 Å². The monoisotopic (exact) mass is 288 g/mol. The number of hydrogen-bond donors (Lipinski definition) is 1. The molecule has 5 heteroatoms. The van der Waals surface area contributed by atoms with Gasteiger partial charge in [-0.15, -0.1) is 0 Å². The lowest BCUT2D eigenvalue weighted by Gasteiger charge is -2.07. The molecular weight excluding hydrogens is 272 g/mol. The highest BCUT2D eigenvalue weighted by atomic mass is 16.5. The van der Waals surface area contributed by atoms with E-state index in [1.54, 1.807) is 24.3 Å². The molecule has 0 radical (unpaired) electrons. The van der Waals surface area contributed by atoms with Crippen molar-refractivity contribution in [2.45, 2.75) is 19.8 Å². The van der Waals surface area contributed by atoms with E-state index < -0.39 is 11.6 Å². The molecule has 21 heavy (non-hydrogen) atoms. The summed E-state index contributed by atoms with van der Waals surface area (Å²) in [5, 5.41) is 9.09. The summed E-state index contributed by atoms with van der Waals surface area (Å²) >= 11 is 0. The van der Waals surface area contributed by atoms with E-state index in [0.29, 0.717) is 17.7 Å². The molecule has 0 aliphatic carbocycles. The maximum absolute atomic E-state index is 11.1. The zero-order valence-corrected chi connectivity index (χ0v) is 11.7. The van der Waals surface area contributed by atoms with Crippen LogP contribution < -0.4 is 10.4 Å². The Labute approximate surface area is 121 Å². The van der Waals surface area contributed by atoms with E-state index >= 15 is 0 Å². The number of ether oxygens (including phenoxy) is 1. The third-order valence-corrected chi connectivity index (χ3v) is 2.96. The van der Waals surface area contributed by atoms with E-state index in [0.717, 1.165) is 18.6 Å². The molecule has 1 heterocycles. The van der Waals surface area contributed by atoms with Crippen molar-refractivity contribution in [3.63, 3.8) is 0 Å². The highest BCUT2D eigenvalue weighted by Crippen LogP contribution is 2.25. The fourth-order valence-corrected chi connectivity index (χ4v) is 1.87. The van der Waals surface area contributed by atoms with Crippen molar-refractivity contribution in [3.8, 4) is 16.9 Å². The Balaban J connectivity index is 2.26. The highest BCUT2D eigenvalue weighted by molar-refractivity contribution is 5.92. The number of unbranched alkanes of at least 4 members (excludes halogenated alkanes) is 1. The van der Waals surface area contributed by atoms with E-state index in [1.807, 2.05) is 0 Å². The summed E-state index contributed by atoms with van der Waals surface area (Å²) < 4.78 is 10.3. The van der Waals surface area contributed by atoms with E-state index in [4.69, 9.17) is 14.3 Å². The largest absolute Gasteiger partial charge is 0.494 e. The zero-order valence-electron chi connectivity index (χ0n) is 11.7. The van der Waals surface area contributed by atoms with Crippen LogP contribution in [0.2, 0.25) is 0 Å². The first-order valence-corrected chi connectivity index (χ1v) is 6.72. The molecule has 0 spiro atoms. The van der Waals surface area contributed by atoms with E-state index in [9.17, 15) is 9.59 Å². The van der Waals surface area contributed by atoms with Gasteiger partial charge in [0.25, 0.3) is 0 Å². The van der Waals surface area contributed by atoms with Crippen LogP contribution in [0.25, 0.3) is 11.1 Å². The van der Waals surface area contributed by atoms with Crippen molar-refractivity contribution >= 4 is 5.97 Å². The lowest BCUT2D eigenvalue weighted by molar-refractivity contribution is 0.0658. The molecule has 2 aromatic rings. The summed E-state index contributed by atoms with van der Waals surface area (Å²) in [6.07, 6.45) is 2.04. The predicted molar refractivity (Wildman–Crippen MR) is 77.8 cm³/mol. The predicted octanol–water partition coefficient (Wildman–Crippen LogP) is 3.18. The van der Waals surface area contributed by atoms with Crippen molar-refractivity contribution in [1.82, 2.24) is 0 Å². The highest BCUT2D eigenvalue weighted by Gasteiger charge is 2.15. The summed E-state index contributed by atoms with van der Waals surface area (Å²) in [7, 11) is 0. The second kappa shape index (κ2) is 6.74. The Hall–Kier alpha value is -2.56. The molecule has 5 nitrogen and oxygen atoms in total. The van der Waals surface area contributed by atoms with Crippen LogP contribution >= 0.6 is 0 Å². The van der Waals surface area contributed by atoms with E-state index in [-0.39, 0.29) is 5.76 Å². The number of carbonyl (C=O) groups is 1. The maximum Gasteiger partial charge on any atom is 0.372 e. The quantitative estimate of drug-likeness (QED) is 0.826. The van der Waals surface area contributed by atoms with Crippen LogP contribution in [-0.2, 0) is 0 Å². The van der Waals surface area contributed by atoms with Gasteiger partial charge in [0, 0.05) is 11.6 Å². The van der Waals surface area contributed by atoms with E-state index in [2.05, 4.69) is 6.92 Å². The maximum atomic E-state index is 11.1. The van der Waals surface area contributed by atoms with Gasteiger partial charge in [-0.1, -0.05) is 25.5 Å². The lowest BCUT2D eigenvalue weighted by atomic mass is 10.0. The Morgan fingerprint density at radius 1 is 1.19 bits per heavy atom. The van der Waals surface area contributed by atoms with Gasteiger partial charge < -0.3 is 14.3 Å². The molecule has 0 aliphatic heterocycles. The van der Waals surface area contributed by atoms with Crippen molar-refractivity contribution in [3.05, 3.63) is 52.6 Å². The molecule has 110 valence electrons. The number of benzene rings is 1. The number of hydrogen-bond acceptors (Lipinski definition) is 4. The molecule has 0 fully saturated rings. The van der Waals surface area contributed by atoms with Gasteiger partial charge in [0.15, 0.2) is 0 Å². The zero-order chi connectivity index (χ0) is 15.2. The molecule has 1 aromatic heterocycles. The average Bonchev–Trinajstić information content (AvgIpc) is 2.48. The Kier molecular flexibility index (Phi) is 4.77. The molecule has 0 amide bonds. The standard InChI is InChI=1S/C16H16O5/c1-2-3-10-20-12-6-4-11(5-7-12)13-8-9-14(17)21-15(13)16(18)19/h4-9H,2-3,10H2,1H3,(H,18,19). The minimum atomic E-state index is -1.27. The smallest absolute Gasteiger partial charge is 0.372 e. The van der Waals surface area contributed by atoms with Gasteiger partial charge in [-0.2, -0.15) is 0 Å². The van der Waals surface area contributed by atoms with Crippen molar-refractivity contribution in [2.24, 2.45) is 0 Å². The summed E-state index contributed by atoms with van der Waals surface area (Å²) in [6.45, 7) is 2.74. The topological polar surface area (TPSA) is 76.7 Å². The molecule has 2 rings (SSSR count). The summed E-state index contributed by atoms with van der Waals surface area (Å²) in [5.74, 6) is -0.908. The SMILES string of the molecule is CCCCOc1ccc(-c2ccc(=O)oc2C(=O)O)cc1. The van der Waals surface area contributed by atoms with Gasteiger partial charge in [0.1, 0.15) is 5.75 Å². The van der Waals surface area contributed by atoms with Crippen LogP contribution in [0.5, 0.6) is 5.75 Å². The molecule has 0 saturated heterocycles. The average molecular weight is 288 g/mol. The van der Waals surface area contributed by atoms with Crippen LogP contribution in [-0.4, -0.2) is 17.7 Å². The molecule has 0 aliphatic rings. The van der Waals surface area contributed by atoms with Crippen LogP contribution in [0.3, 0.4) is 0 Å². The van der Waals surface area contributed by atoms with Crippen molar-refractivity contribution in [1.29, 1.82) is 0 Å². The Bertz CT molecular complexity index is 670. The van der Waals surface area contributed by atoms with E-state index in [1.165, 1.54) is 12.1 Å². The first kappa shape index (κ1) is 14.8. The van der Waals surface area contributed by atoms with Crippen molar-refractivity contribution in [2.75, 3.05) is 6.61 Å². The molecule has 0 atom stereocenters. The van der Waals surface area contributed by atoms with Gasteiger partial charge in [0.05, 0.1) is 6.61 Å². The number of rotatable bonds is 6. The van der Waals surface area contributed by atoms with Gasteiger partial charge in [-0.25, -0.2) is 9.59 Å². The van der Waals surface area contributed by atoms with Crippen LogP contribution in [0.15, 0.2) is 45.6 Å². The number of carboxylic acid groups (broad SMARTS) is 1. The van der Waals surface area contributed by atoms with Crippen LogP contribution in [0.4, 0.5) is 0 Å². The normalized spacial score (nSPS) is 10.3. The minimum absolute atomic E-state index is 0.359. The van der Waals surface area contributed by atoms with Crippen LogP contribution in [0.1, 0.15) is 30.3 Å². The summed E-state index contributed by atoms with van der Waals surface area (Å²) in [5.41, 5.74) is 0.330. The number of carboxylic acids is 1. The van der Waals surface area contributed by atoms with Gasteiger partial charge >= 0.3 is 11.6 Å². The summed E-state index contributed by atoms with van der Waals surface area (Å²) in [6, 6.07) is 9.66. The van der Waals surface area contributed by atoms with Gasteiger partial charge in [-0.05, 0) is 30.2 Å². The summed E-state index contributed by atoms with van der Waals surface area (Å²) in [4.78, 5) is 22.3. The fourth-order valence-electron chi connectivity index (χ4n) is 1.87. The fraction of sp³-hybridized carbons (Fsp3) is 0.250.